The number of nitrogens with zero attached hydrogens (tertiary/aromatic N) is 3. The van der Waals surface area contributed by atoms with Crippen LogP contribution in [0.2, 0.25) is 0 Å². The lowest BCUT2D eigenvalue weighted by Crippen LogP contribution is -2.19. The third kappa shape index (κ3) is 5.80. The number of rotatable bonds is 11. The quantitative estimate of drug-likeness (QED) is 0.471. The second-order valence-electron chi connectivity index (χ2n) is 9.15. The van der Waals surface area contributed by atoms with Gasteiger partial charge < -0.3 is 9.88 Å². The number of nitrogens with one attached hydrogen (secondary N) is 1. The Bertz CT molecular complexity index is 879. The zero-order chi connectivity index (χ0) is 21.7. The van der Waals surface area contributed by atoms with E-state index in [2.05, 4.69) is 53.5 Å². The standard InChI is InChI=1S/C25H36N4O/c1-6-8-20(16-24(30)26-22-14-11-18(4)15-19(22)5)25-28-27-23(10-7-9-17(2)3)29(25)21-12-13-21/h6,11,14-15,17,20-21H,1,7-10,12-13,16H2,2-5H3,(H,26,30). The molecule has 5 nitrogen and oxygen atoms in total. The smallest absolute Gasteiger partial charge is 0.225 e. The van der Waals surface area contributed by atoms with Gasteiger partial charge in [-0.05, 0) is 57.1 Å². The van der Waals surface area contributed by atoms with Crippen molar-refractivity contribution in [2.75, 3.05) is 5.32 Å². The second-order valence-corrected chi connectivity index (χ2v) is 9.15. The Balaban J connectivity index is 1.74. The molecule has 1 aliphatic carbocycles. The highest BCUT2D eigenvalue weighted by atomic mass is 16.1. The molecule has 1 N–H and O–H groups in total. The molecule has 30 heavy (non-hydrogen) atoms. The van der Waals surface area contributed by atoms with Crippen molar-refractivity contribution in [2.45, 2.75) is 84.6 Å². The minimum atomic E-state index is 0.000188. The van der Waals surface area contributed by atoms with E-state index < -0.39 is 0 Å². The first kappa shape index (κ1) is 22.3. The molecule has 1 amide bonds. The molecule has 1 aromatic carbocycles. The molecule has 0 aliphatic heterocycles. The van der Waals surface area contributed by atoms with E-state index in [0.29, 0.717) is 18.4 Å². The van der Waals surface area contributed by atoms with Gasteiger partial charge in [-0.25, -0.2) is 0 Å². The molecular weight excluding hydrogens is 372 g/mol. The number of benzene rings is 1. The summed E-state index contributed by atoms with van der Waals surface area (Å²) in [6.07, 6.45) is 8.63. The molecule has 5 heteroatoms. The van der Waals surface area contributed by atoms with Crippen LogP contribution < -0.4 is 5.32 Å². The Kier molecular flexibility index (Phi) is 7.46. The van der Waals surface area contributed by atoms with Crippen LogP contribution >= 0.6 is 0 Å². The first-order valence-corrected chi connectivity index (χ1v) is 11.3. The Morgan fingerprint density at radius 2 is 2.07 bits per heavy atom. The molecule has 1 aliphatic rings. The Morgan fingerprint density at radius 3 is 2.70 bits per heavy atom. The lowest BCUT2D eigenvalue weighted by Gasteiger charge is -2.18. The van der Waals surface area contributed by atoms with Gasteiger partial charge in [0.2, 0.25) is 5.91 Å². The minimum Gasteiger partial charge on any atom is -0.326 e. The maximum absolute atomic E-state index is 12.9. The molecule has 1 fully saturated rings. The topological polar surface area (TPSA) is 59.8 Å². The van der Waals surface area contributed by atoms with Crippen LogP contribution in [0, 0.1) is 19.8 Å². The zero-order valence-electron chi connectivity index (χ0n) is 18.9. The maximum Gasteiger partial charge on any atom is 0.225 e. The van der Waals surface area contributed by atoms with Crippen molar-refractivity contribution >= 4 is 11.6 Å². The Hall–Kier alpha value is -2.43. The van der Waals surface area contributed by atoms with E-state index in [1.807, 2.05) is 25.1 Å². The first-order valence-electron chi connectivity index (χ1n) is 11.3. The summed E-state index contributed by atoms with van der Waals surface area (Å²) in [5, 5.41) is 12.2. The molecule has 0 bridgehead atoms. The summed E-state index contributed by atoms with van der Waals surface area (Å²) in [7, 11) is 0. The molecular formula is C25H36N4O. The number of anilines is 1. The van der Waals surface area contributed by atoms with E-state index in [9.17, 15) is 4.79 Å². The van der Waals surface area contributed by atoms with Gasteiger partial charge in [-0.2, -0.15) is 0 Å². The molecule has 0 spiro atoms. The number of carbonyl (C=O) groups excluding carboxylic acids is 1. The SMILES string of the molecule is C=CCC(CC(=O)Nc1ccc(C)cc1C)c1nnc(CCCC(C)C)n1C1CC1. The highest BCUT2D eigenvalue weighted by Gasteiger charge is 2.32. The summed E-state index contributed by atoms with van der Waals surface area (Å²) in [5.74, 6) is 2.75. The fourth-order valence-electron chi connectivity index (χ4n) is 4.05. The van der Waals surface area contributed by atoms with Gasteiger partial charge in [0.1, 0.15) is 11.6 Å². The lowest BCUT2D eigenvalue weighted by molar-refractivity contribution is -0.116. The van der Waals surface area contributed by atoms with Crippen molar-refractivity contribution in [1.29, 1.82) is 0 Å². The van der Waals surface area contributed by atoms with Crippen LogP contribution in [0.25, 0.3) is 0 Å². The molecule has 162 valence electrons. The van der Waals surface area contributed by atoms with Crippen LogP contribution in [-0.2, 0) is 11.2 Å². The van der Waals surface area contributed by atoms with Crippen LogP contribution in [0.15, 0.2) is 30.9 Å². The minimum absolute atomic E-state index is 0.000188. The van der Waals surface area contributed by atoms with Gasteiger partial charge in [-0.15, -0.1) is 16.8 Å². The lowest BCUT2D eigenvalue weighted by atomic mass is 9.99. The zero-order valence-corrected chi connectivity index (χ0v) is 18.9. The fourth-order valence-corrected chi connectivity index (χ4v) is 4.05. The van der Waals surface area contributed by atoms with E-state index in [1.165, 1.54) is 24.8 Å². The average Bonchev–Trinajstić information content (AvgIpc) is 3.43. The van der Waals surface area contributed by atoms with Crippen LogP contribution in [0.4, 0.5) is 5.69 Å². The van der Waals surface area contributed by atoms with E-state index in [4.69, 9.17) is 0 Å². The summed E-state index contributed by atoms with van der Waals surface area (Å²) in [6.45, 7) is 12.5. The molecule has 0 saturated heterocycles. The van der Waals surface area contributed by atoms with Gasteiger partial charge in [-0.3, -0.25) is 4.79 Å². The maximum atomic E-state index is 12.9. The number of hydrogen-bond donors (Lipinski definition) is 1. The van der Waals surface area contributed by atoms with Crippen molar-refractivity contribution in [2.24, 2.45) is 5.92 Å². The van der Waals surface area contributed by atoms with Crippen molar-refractivity contribution < 1.29 is 4.79 Å². The number of allylic oxidation sites excluding steroid dienone is 1. The molecule has 1 aromatic heterocycles. The predicted molar refractivity (Wildman–Crippen MR) is 123 cm³/mol. The monoisotopic (exact) mass is 408 g/mol. The van der Waals surface area contributed by atoms with Crippen LogP contribution in [0.1, 0.15) is 87.1 Å². The summed E-state index contributed by atoms with van der Waals surface area (Å²) in [5.41, 5.74) is 3.15. The summed E-state index contributed by atoms with van der Waals surface area (Å²) >= 11 is 0. The highest BCUT2D eigenvalue weighted by Crippen LogP contribution is 2.39. The molecule has 1 atom stereocenters. The number of carbonyl (C=O) groups is 1. The number of aryl methyl sites for hydroxylation is 3. The Morgan fingerprint density at radius 1 is 1.30 bits per heavy atom. The third-order valence-corrected chi connectivity index (χ3v) is 5.79. The number of hydrogen-bond acceptors (Lipinski definition) is 3. The summed E-state index contributed by atoms with van der Waals surface area (Å²) in [6, 6.07) is 6.59. The average molecular weight is 409 g/mol. The summed E-state index contributed by atoms with van der Waals surface area (Å²) in [4.78, 5) is 12.9. The fraction of sp³-hybridized carbons (Fsp3) is 0.560. The number of amides is 1. The second kappa shape index (κ2) is 10.1. The molecule has 0 radical (unpaired) electrons. The van der Waals surface area contributed by atoms with E-state index >= 15 is 0 Å². The van der Waals surface area contributed by atoms with Gasteiger partial charge in [0.05, 0.1) is 0 Å². The van der Waals surface area contributed by atoms with Crippen molar-refractivity contribution in [3.63, 3.8) is 0 Å². The van der Waals surface area contributed by atoms with Gasteiger partial charge in [0.25, 0.3) is 0 Å². The molecule has 1 heterocycles. The van der Waals surface area contributed by atoms with E-state index in [1.54, 1.807) is 0 Å². The van der Waals surface area contributed by atoms with E-state index in [0.717, 1.165) is 42.2 Å². The normalized spacial score (nSPS) is 14.7. The summed E-state index contributed by atoms with van der Waals surface area (Å²) < 4.78 is 2.33. The van der Waals surface area contributed by atoms with Crippen LogP contribution in [0.3, 0.4) is 0 Å². The van der Waals surface area contributed by atoms with Crippen molar-refractivity contribution in [3.8, 4) is 0 Å². The Labute approximate surface area is 181 Å². The van der Waals surface area contributed by atoms with Crippen molar-refractivity contribution in [3.05, 3.63) is 53.6 Å². The largest absolute Gasteiger partial charge is 0.326 e. The molecule has 1 saturated carbocycles. The predicted octanol–water partition coefficient (Wildman–Crippen LogP) is 5.90. The van der Waals surface area contributed by atoms with Gasteiger partial charge >= 0.3 is 0 Å². The van der Waals surface area contributed by atoms with E-state index in [-0.39, 0.29) is 11.8 Å². The third-order valence-electron chi connectivity index (χ3n) is 5.79. The van der Waals surface area contributed by atoms with Gasteiger partial charge in [0.15, 0.2) is 0 Å². The van der Waals surface area contributed by atoms with Crippen LogP contribution in [0.5, 0.6) is 0 Å². The number of aromatic nitrogens is 3. The molecule has 2 aromatic rings. The molecule has 3 rings (SSSR count). The van der Waals surface area contributed by atoms with Crippen molar-refractivity contribution in [1.82, 2.24) is 14.8 Å². The van der Waals surface area contributed by atoms with Gasteiger partial charge in [0, 0.05) is 30.5 Å². The first-order chi connectivity index (χ1) is 14.4. The molecule has 1 unspecified atom stereocenters. The van der Waals surface area contributed by atoms with Crippen LogP contribution in [-0.4, -0.2) is 20.7 Å². The van der Waals surface area contributed by atoms with Gasteiger partial charge in [-0.1, -0.05) is 44.0 Å². The highest BCUT2D eigenvalue weighted by molar-refractivity contribution is 5.92.